The Morgan fingerprint density at radius 2 is 1.34 bits per heavy atom. The van der Waals surface area contributed by atoms with Crippen LogP contribution >= 0.6 is 0 Å². The molecule has 0 fully saturated rings. The molecule has 0 spiro atoms. The van der Waals surface area contributed by atoms with Crippen LogP contribution in [0.4, 0.5) is 0 Å². The molecule has 0 unspecified atom stereocenters. The molecule has 5 aromatic heterocycles. The normalized spacial score (nSPS) is 10.9. The molecule has 0 amide bonds. The quantitative estimate of drug-likeness (QED) is 0.348. The van der Waals surface area contributed by atoms with E-state index in [0.29, 0.717) is 0 Å². The van der Waals surface area contributed by atoms with E-state index in [4.69, 9.17) is 0 Å². The van der Waals surface area contributed by atoms with E-state index in [0.717, 1.165) is 12.1 Å². The van der Waals surface area contributed by atoms with E-state index in [1.54, 1.807) is 0 Å². The van der Waals surface area contributed by atoms with Gasteiger partial charge in [-0.15, -0.1) is 0 Å². The van der Waals surface area contributed by atoms with Crippen molar-refractivity contribution in [3.05, 3.63) is 66.5 Å². The first kappa shape index (κ1) is 26.6. The van der Waals surface area contributed by atoms with Crippen LogP contribution in [0.5, 0.6) is 0 Å². The molecule has 0 bridgehead atoms. The molecule has 0 radical (unpaired) electrons. The van der Waals surface area contributed by atoms with Crippen LogP contribution in [-0.2, 0) is 27.6 Å². The van der Waals surface area contributed by atoms with E-state index >= 15 is 0 Å². The summed E-state index contributed by atoms with van der Waals surface area (Å²) in [6.45, 7) is 0. The monoisotopic (exact) mass is 435 g/mol. The molecule has 5 aromatic rings. The van der Waals surface area contributed by atoms with Crippen LogP contribution in [0, 0.1) is 0 Å². The third-order valence-corrected chi connectivity index (χ3v) is 5.35. The van der Waals surface area contributed by atoms with E-state index in [1.807, 2.05) is 30.2 Å². The largest absolute Gasteiger partial charge is 0.350 e. The average molecular weight is 436 g/mol. The van der Waals surface area contributed by atoms with Crippen LogP contribution in [0.15, 0.2) is 55.3 Å². The molecule has 0 aromatic carbocycles. The van der Waals surface area contributed by atoms with Crippen LogP contribution in [0.3, 0.4) is 0 Å². The second-order valence-corrected chi connectivity index (χ2v) is 7.11. The number of fused-ring (bicyclic) bond motifs is 6. The number of nitrogens with two attached hydrogens (primary N) is 1. The van der Waals surface area contributed by atoms with Gasteiger partial charge in [0.15, 0.2) is 0 Å². The Hall–Kier alpha value is -3.42. The van der Waals surface area contributed by atoms with Crippen molar-refractivity contribution >= 4 is 38.9 Å². The first-order valence-corrected chi connectivity index (χ1v) is 9.66. The van der Waals surface area contributed by atoms with Crippen LogP contribution in [-0.4, -0.2) is 30.7 Å². The van der Waals surface area contributed by atoms with Crippen LogP contribution in [0.25, 0.3) is 38.9 Å². The molecular weight excluding hydrogens is 398 g/mol. The third-order valence-electron chi connectivity index (χ3n) is 5.35. The molecule has 7 heteroatoms. The summed E-state index contributed by atoms with van der Waals surface area (Å²) >= 11 is 0. The van der Waals surface area contributed by atoms with Crippen molar-refractivity contribution in [2.45, 2.75) is 21.3 Å². The minimum Gasteiger partial charge on any atom is -0.350 e. The van der Waals surface area contributed by atoms with E-state index in [9.17, 15) is 0 Å². The highest BCUT2D eigenvalue weighted by molar-refractivity contribution is 6.02. The number of allylic oxidation sites excluding steroid dienone is 1. The lowest BCUT2D eigenvalue weighted by Crippen LogP contribution is -1.92. The summed E-state index contributed by atoms with van der Waals surface area (Å²) in [6.07, 6.45) is 15.4. The van der Waals surface area contributed by atoms with Gasteiger partial charge in [0.25, 0.3) is 0 Å². The molecule has 5 heterocycles. The number of nitrogens with zero attached hydrogens (tertiary/aromatic N) is 5. The van der Waals surface area contributed by atoms with E-state index in [2.05, 4.69) is 81.7 Å². The molecule has 0 aliphatic heterocycles. The van der Waals surface area contributed by atoms with Gasteiger partial charge in [-0.1, -0.05) is 27.0 Å². The highest BCUT2D eigenvalue weighted by Gasteiger charge is 2.12. The van der Waals surface area contributed by atoms with Crippen LogP contribution < -0.4 is 11.9 Å². The molecular formula is C25H37N7. The molecule has 5 N–H and O–H groups in total. The SMILES string of the molecule is C.C.CN.Cn1ccc2c1ncc1ccn(C)c12.Cn1ccc2cnc3c(c21)C=CC3.N. The second-order valence-electron chi connectivity index (χ2n) is 7.11. The van der Waals surface area contributed by atoms with Gasteiger partial charge in [-0.05, 0) is 25.2 Å². The molecule has 1 aliphatic carbocycles. The van der Waals surface area contributed by atoms with Gasteiger partial charge < -0.3 is 25.6 Å². The van der Waals surface area contributed by atoms with Gasteiger partial charge in [-0.3, -0.25) is 4.98 Å². The lowest BCUT2D eigenvalue weighted by atomic mass is 10.2. The summed E-state index contributed by atoms with van der Waals surface area (Å²) < 4.78 is 6.34. The van der Waals surface area contributed by atoms with Gasteiger partial charge >= 0.3 is 0 Å². The first-order chi connectivity index (χ1) is 14.1. The van der Waals surface area contributed by atoms with Gasteiger partial charge in [0.05, 0.1) is 16.7 Å². The van der Waals surface area contributed by atoms with Gasteiger partial charge in [0.2, 0.25) is 0 Å². The summed E-state index contributed by atoms with van der Waals surface area (Å²) in [5.74, 6) is 0. The number of rotatable bonds is 0. The molecule has 0 atom stereocenters. The van der Waals surface area contributed by atoms with Crippen molar-refractivity contribution in [1.29, 1.82) is 0 Å². The van der Waals surface area contributed by atoms with Crippen LogP contribution in [0.1, 0.15) is 26.1 Å². The Bertz CT molecular complexity index is 1340. The van der Waals surface area contributed by atoms with Crippen LogP contribution in [0.2, 0.25) is 0 Å². The van der Waals surface area contributed by atoms with E-state index in [1.165, 1.54) is 45.5 Å². The number of hydrogen-bond acceptors (Lipinski definition) is 4. The maximum absolute atomic E-state index is 4.50. The van der Waals surface area contributed by atoms with Crippen molar-refractivity contribution in [3.63, 3.8) is 0 Å². The Kier molecular flexibility index (Phi) is 8.94. The zero-order valence-corrected chi connectivity index (χ0v) is 18.0. The van der Waals surface area contributed by atoms with E-state index < -0.39 is 0 Å². The molecule has 172 valence electrons. The summed E-state index contributed by atoms with van der Waals surface area (Å²) in [5.41, 5.74) is 10.6. The summed E-state index contributed by atoms with van der Waals surface area (Å²) in [7, 11) is 7.66. The molecule has 1 aliphatic rings. The topological polar surface area (TPSA) is 102 Å². The number of hydrogen-bond donors (Lipinski definition) is 2. The van der Waals surface area contributed by atoms with Crippen molar-refractivity contribution in [3.8, 4) is 0 Å². The first-order valence-electron chi connectivity index (χ1n) is 9.66. The Labute approximate surface area is 190 Å². The fourth-order valence-electron chi connectivity index (χ4n) is 3.98. The van der Waals surface area contributed by atoms with Gasteiger partial charge in [0.1, 0.15) is 5.65 Å². The van der Waals surface area contributed by atoms with Gasteiger partial charge in [-0.2, -0.15) is 0 Å². The van der Waals surface area contributed by atoms with E-state index in [-0.39, 0.29) is 21.0 Å². The average Bonchev–Trinajstić information content (AvgIpc) is 3.51. The van der Waals surface area contributed by atoms with Gasteiger partial charge in [-0.25, -0.2) is 4.98 Å². The molecule has 6 rings (SSSR count). The summed E-state index contributed by atoms with van der Waals surface area (Å²) in [5, 5.41) is 3.65. The molecule has 0 saturated heterocycles. The predicted octanol–water partition coefficient (Wildman–Crippen LogP) is 5.22. The van der Waals surface area contributed by atoms with Crippen molar-refractivity contribution in [2.75, 3.05) is 7.05 Å². The highest BCUT2D eigenvalue weighted by Crippen LogP contribution is 2.26. The number of aryl methyl sites for hydroxylation is 3. The highest BCUT2D eigenvalue weighted by atomic mass is 15.0. The maximum Gasteiger partial charge on any atom is 0.141 e. The number of pyridine rings is 2. The maximum atomic E-state index is 4.50. The third kappa shape index (κ3) is 4.30. The summed E-state index contributed by atoms with van der Waals surface area (Å²) in [4.78, 5) is 8.86. The lowest BCUT2D eigenvalue weighted by molar-refractivity contribution is 0.947. The van der Waals surface area contributed by atoms with Crippen molar-refractivity contribution < 1.29 is 0 Å². The Balaban J connectivity index is 0.000000274. The standard InChI is InChI=1S/C11H11N3.C11H10N2.CH5N.2CH4.H3N/c1-13-5-3-8-7-12-11-9(10(8)13)4-6-14(11)2;1-13-6-5-8-7-12-10-4-2-3-9(10)11(8)13;1-2;;;/h3-7H,1-2H3;2-3,5-7H,4H2,1H3;2H2,1H3;2*1H4;1H3. The molecule has 7 nitrogen and oxygen atoms in total. The zero-order chi connectivity index (χ0) is 20.5. The van der Waals surface area contributed by atoms with Gasteiger partial charge in [0, 0.05) is 80.3 Å². The molecule has 32 heavy (non-hydrogen) atoms. The number of aromatic nitrogens is 5. The minimum atomic E-state index is 0. The fourth-order valence-corrected chi connectivity index (χ4v) is 3.98. The second kappa shape index (κ2) is 10.7. The van der Waals surface area contributed by atoms with Crippen molar-refractivity contribution in [1.82, 2.24) is 29.8 Å². The summed E-state index contributed by atoms with van der Waals surface area (Å²) in [6, 6.07) is 6.31. The fraction of sp³-hybridized carbons (Fsp3) is 0.280. The minimum absolute atomic E-state index is 0. The Morgan fingerprint density at radius 1 is 0.781 bits per heavy atom. The van der Waals surface area contributed by atoms with Crippen molar-refractivity contribution in [2.24, 2.45) is 26.9 Å². The Morgan fingerprint density at radius 3 is 2.03 bits per heavy atom. The predicted molar refractivity (Wildman–Crippen MR) is 139 cm³/mol. The zero-order valence-electron chi connectivity index (χ0n) is 18.0. The lowest BCUT2D eigenvalue weighted by Gasteiger charge is -2.02. The molecule has 0 saturated carbocycles. The smallest absolute Gasteiger partial charge is 0.141 e.